The van der Waals surface area contributed by atoms with Crippen molar-refractivity contribution >= 4 is 11.6 Å². The number of rotatable bonds is 6. The fourth-order valence-electron chi connectivity index (χ4n) is 1.98. The summed E-state index contributed by atoms with van der Waals surface area (Å²) in [5, 5.41) is 2.84. The van der Waals surface area contributed by atoms with Crippen molar-refractivity contribution in [1.82, 2.24) is 5.32 Å². The topological polar surface area (TPSA) is 12.0 Å². The largest absolute Gasteiger partial charge is 0.303 e. The van der Waals surface area contributed by atoms with Gasteiger partial charge in [0.2, 0.25) is 0 Å². The first-order valence-electron chi connectivity index (χ1n) is 6.41. The van der Waals surface area contributed by atoms with Crippen LogP contribution in [0.5, 0.6) is 0 Å². The van der Waals surface area contributed by atoms with E-state index in [4.69, 9.17) is 11.6 Å². The van der Waals surface area contributed by atoms with Crippen LogP contribution in [0.4, 0.5) is 8.78 Å². The first-order valence-corrected chi connectivity index (χ1v) is 6.94. The summed E-state index contributed by atoms with van der Waals surface area (Å²) in [4.78, 5) is 0. The van der Waals surface area contributed by atoms with E-state index >= 15 is 0 Å². The quantitative estimate of drug-likeness (QED) is 0.781. The molecule has 0 radical (unpaired) electrons. The minimum Gasteiger partial charge on any atom is -0.303 e. The smallest absolute Gasteiger partial charge is 0.285 e. The summed E-state index contributed by atoms with van der Waals surface area (Å²) < 4.78 is 28.1. The Bertz CT molecular complexity index is 517. The Morgan fingerprint density at radius 2 is 1.50 bits per heavy atom. The second-order valence-electron chi connectivity index (χ2n) is 4.57. The van der Waals surface area contributed by atoms with Gasteiger partial charge in [-0.3, -0.25) is 0 Å². The molecule has 2 rings (SSSR count). The average Bonchev–Trinajstić information content (AvgIpc) is 2.50. The van der Waals surface area contributed by atoms with Gasteiger partial charge in [0.05, 0.1) is 6.54 Å². The normalized spacial score (nSPS) is 13.2. The van der Waals surface area contributed by atoms with E-state index < -0.39 is 12.5 Å². The van der Waals surface area contributed by atoms with E-state index in [9.17, 15) is 8.78 Å². The Hall–Kier alpha value is -1.45. The Balaban J connectivity index is 2.03. The molecule has 1 nitrogen and oxygen atoms in total. The van der Waals surface area contributed by atoms with E-state index in [1.807, 2.05) is 30.3 Å². The zero-order chi connectivity index (χ0) is 14.4. The SMILES string of the molecule is FC(F)(CNC(CCl)c1ccccc1)c1ccccc1. The molecule has 2 aromatic carbocycles. The van der Waals surface area contributed by atoms with Crippen LogP contribution in [0.25, 0.3) is 0 Å². The molecule has 1 atom stereocenters. The lowest BCUT2D eigenvalue weighted by atomic mass is 10.1. The maximum Gasteiger partial charge on any atom is 0.285 e. The Kier molecular flexibility index (Phi) is 5.10. The van der Waals surface area contributed by atoms with Crippen LogP contribution in [0.2, 0.25) is 0 Å². The van der Waals surface area contributed by atoms with Crippen LogP contribution in [0, 0.1) is 0 Å². The van der Waals surface area contributed by atoms with Crippen molar-refractivity contribution < 1.29 is 8.78 Å². The Labute approximate surface area is 122 Å². The molecule has 106 valence electrons. The van der Waals surface area contributed by atoms with Gasteiger partial charge in [0, 0.05) is 17.5 Å². The second kappa shape index (κ2) is 6.82. The minimum atomic E-state index is -2.92. The summed E-state index contributed by atoms with van der Waals surface area (Å²) >= 11 is 5.87. The molecule has 0 aliphatic rings. The summed E-state index contributed by atoms with van der Waals surface area (Å²) in [5.74, 6) is -2.67. The van der Waals surface area contributed by atoms with E-state index in [-0.39, 0.29) is 17.5 Å². The molecule has 20 heavy (non-hydrogen) atoms. The molecule has 0 fully saturated rings. The van der Waals surface area contributed by atoms with Crippen LogP contribution in [-0.4, -0.2) is 12.4 Å². The monoisotopic (exact) mass is 295 g/mol. The lowest BCUT2D eigenvalue weighted by molar-refractivity contribution is -0.00524. The van der Waals surface area contributed by atoms with E-state index in [2.05, 4.69) is 5.32 Å². The summed E-state index contributed by atoms with van der Waals surface area (Å²) in [7, 11) is 0. The highest BCUT2D eigenvalue weighted by Crippen LogP contribution is 2.28. The molecular formula is C16H16ClF2N. The molecule has 0 amide bonds. The number of alkyl halides is 3. The highest BCUT2D eigenvalue weighted by atomic mass is 35.5. The molecule has 0 aromatic heterocycles. The van der Waals surface area contributed by atoms with E-state index in [1.54, 1.807) is 18.2 Å². The van der Waals surface area contributed by atoms with Crippen molar-refractivity contribution in [1.29, 1.82) is 0 Å². The standard InChI is InChI=1S/C16H16ClF2N/c17-11-15(13-7-3-1-4-8-13)20-12-16(18,19)14-9-5-2-6-10-14/h1-10,15,20H,11-12H2. The van der Waals surface area contributed by atoms with Crippen LogP contribution < -0.4 is 5.32 Å². The molecule has 1 N–H and O–H groups in total. The predicted molar refractivity (Wildman–Crippen MR) is 78.2 cm³/mol. The third-order valence-corrected chi connectivity index (χ3v) is 3.43. The third-order valence-electron chi connectivity index (χ3n) is 3.12. The molecular weight excluding hydrogens is 280 g/mol. The van der Waals surface area contributed by atoms with Gasteiger partial charge >= 0.3 is 0 Å². The van der Waals surface area contributed by atoms with Gasteiger partial charge in [-0.2, -0.15) is 8.78 Å². The van der Waals surface area contributed by atoms with Gasteiger partial charge in [0.1, 0.15) is 0 Å². The Morgan fingerprint density at radius 3 is 2.05 bits per heavy atom. The average molecular weight is 296 g/mol. The first kappa shape index (κ1) is 14.9. The Morgan fingerprint density at radius 1 is 0.950 bits per heavy atom. The number of hydrogen-bond donors (Lipinski definition) is 1. The number of halogens is 3. The van der Waals surface area contributed by atoms with Gasteiger partial charge in [0.15, 0.2) is 0 Å². The van der Waals surface area contributed by atoms with Gasteiger partial charge in [-0.1, -0.05) is 60.7 Å². The number of nitrogens with one attached hydrogen (secondary N) is 1. The van der Waals surface area contributed by atoms with Crippen LogP contribution >= 0.6 is 11.6 Å². The molecule has 0 saturated carbocycles. The van der Waals surface area contributed by atoms with Crippen molar-refractivity contribution in [2.24, 2.45) is 0 Å². The fourth-order valence-corrected chi connectivity index (χ4v) is 2.27. The zero-order valence-corrected chi connectivity index (χ0v) is 11.7. The van der Waals surface area contributed by atoms with Crippen molar-refractivity contribution in [2.75, 3.05) is 12.4 Å². The van der Waals surface area contributed by atoms with Gasteiger partial charge in [-0.25, -0.2) is 0 Å². The van der Waals surface area contributed by atoms with Gasteiger partial charge < -0.3 is 5.32 Å². The molecule has 0 saturated heterocycles. The lowest BCUT2D eigenvalue weighted by Gasteiger charge is -2.22. The summed E-state index contributed by atoms with van der Waals surface area (Å²) in [6, 6.07) is 16.9. The van der Waals surface area contributed by atoms with E-state index in [1.165, 1.54) is 12.1 Å². The highest BCUT2D eigenvalue weighted by molar-refractivity contribution is 6.18. The van der Waals surface area contributed by atoms with E-state index in [0.29, 0.717) is 0 Å². The zero-order valence-electron chi connectivity index (χ0n) is 10.9. The maximum absolute atomic E-state index is 14.1. The molecule has 0 heterocycles. The maximum atomic E-state index is 14.1. The molecule has 0 aliphatic heterocycles. The molecule has 2 aromatic rings. The molecule has 1 unspecified atom stereocenters. The lowest BCUT2D eigenvalue weighted by Crippen LogP contribution is -2.34. The van der Waals surface area contributed by atoms with Gasteiger partial charge in [0.25, 0.3) is 5.92 Å². The molecule has 0 bridgehead atoms. The van der Waals surface area contributed by atoms with Crippen molar-refractivity contribution in [3.8, 4) is 0 Å². The van der Waals surface area contributed by atoms with Crippen LogP contribution in [-0.2, 0) is 5.92 Å². The van der Waals surface area contributed by atoms with Crippen molar-refractivity contribution in [3.63, 3.8) is 0 Å². The fraction of sp³-hybridized carbons (Fsp3) is 0.250. The predicted octanol–water partition coefficient (Wildman–Crippen LogP) is 4.35. The summed E-state index contributed by atoms with van der Waals surface area (Å²) in [6.07, 6.45) is 0. The number of benzene rings is 2. The van der Waals surface area contributed by atoms with Crippen molar-refractivity contribution in [3.05, 3.63) is 71.8 Å². The third kappa shape index (κ3) is 3.78. The molecule has 0 aliphatic carbocycles. The van der Waals surface area contributed by atoms with E-state index in [0.717, 1.165) is 5.56 Å². The van der Waals surface area contributed by atoms with Crippen molar-refractivity contribution in [2.45, 2.75) is 12.0 Å². The molecule has 0 spiro atoms. The van der Waals surface area contributed by atoms with Crippen LogP contribution in [0.15, 0.2) is 60.7 Å². The molecule has 4 heteroatoms. The van der Waals surface area contributed by atoms with Crippen LogP contribution in [0.3, 0.4) is 0 Å². The summed E-state index contributed by atoms with van der Waals surface area (Å²) in [6.45, 7) is -0.441. The number of hydrogen-bond acceptors (Lipinski definition) is 1. The highest BCUT2D eigenvalue weighted by Gasteiger charge is 2.31. The summed E-state index contributed by atoms with van der Waals surface area (Å²) in [5.41, 5.74) is 0.917. The second-order valence-corrected chi connectivity index (χ2v) is 4.88. The van der Waals surface area contributed by atoms with Gasteiger partial charge in [-0.15, -0.1) is 11.6 Å². The van der Waals surface area contributed by atoms with Crippen LogP contribution in [0.1, 0.15) is 17.2 Å². The minimum absolute atomic E-state index is 0.00823. The first-order chi connectivity index (χ1) is 9.63. The van der Waals surface area contributed by atoms with Gasteiger partial charge in [-0.05, 0) is 5.56 Å².